The van der Waals surface area contributed by atoms with Crippen molar-refractivity contribution >= 4 is 34.3 Å². The van der Waals surface area contributed by atoms with Crippen LogP contribution >= 0.6 is 22.9 Å². The molecule has 1 aliphatic rings. The lowest BCUT2D eigenvalue weighted by atomic mass is 9.78. The summed E-state index contributed by atoms with van der Waals surface area (Å²) < 4.78 is 2.35. The van der Waals surface area contributed by atoms with Gasteiger partial charge in [-0.15, -0.1) is 11.3 Å². The van der Waals surface area contributed by atoms with E-state index >= 15 is 0 Å². The Morgan fingerprint density at radius 1 is 1.10 bits per heavy atom. The summed E-state index contributed by atoms with van der Waals surface area (Å²) in [5, 5.41) is 13.9. The average molecular weight is 442 g/mol. The molecule has 7 heteroatoms. The Kier molecular flexibility index (Phi) is 6.06. The molecule has 3 atom stereocenters. The van der Waals surface area contributed by atoms with Crippen LogP contribution in [0.25, 0.3) is 11.3 Å². The first-order valence-electron chi connectivity index (χ1n) is 10.2. The van der Waals surface area contributed by atoms with Crippen LogP contribution in [0.4, 0.5) is 11.4 Å². The van der Waals surface area contributed by atoms with E-state index in [1.54, 1.807) is 23.5 Å². The van der Waals surface area contributed by atoms with E-state index in [1.165, 1.54) is 12.8 Å². The van der Waals surface area contributed by atoms with Gasteiger partial charge in [-0.3, -0.25) is 10.1 Å². The van der Waals surface area contributed by atoms with Crippen molar-refractivity contribution in [3.63, 3.8) is 0 Å². The molecule has 3 aromatic rings. The van der Waals surface area contributed by atoms with Gasteiger partial charge < -0.3 is 4.57 Å². The summed E-state index contributed by atoms with van der Waals surface area (Å²) in [7, 11) is 0. The zero-order chi connectivity index (χ0) is 21.3. The molecule has 1 saturated carbocycles. The first-order chi connectivity index (χ1) is 14.4. The van der Waals surface area contributed by atoms with Crippen molar-refractivity contribution < 1.29 is 4.92 Å². The monoisotopic (exact) mass is 441 g/mol. The third-order valence-electron chi connectivity index (χ3n) is 6.16. The lowest BCUT2D eigenvalue weighted by molar-refractivity contribution is -0.384. The molecule has 0 aliphatic heterocycles. The number of aromatic nitrogens is 1. The summed E-state index contributed by atoms with van der Waals surface area (Å²) in [5.74, 6) is 1.17. The fourth-order valence-corrected chi connectivity index (χ4v) is 5.33. The second-order valence-corrected chi connectivity index (χ2v) is 9.27. The Balaban J connectivity index is 1.85. The predicted molar refractivity (Wildman–Crippen MR) is 122 cm³/mol. The SMILES string of the molecule is CC1CCCC(n2c(-c3ccc([N+](=O)[O-])cc3)csc2=Nc2ccc(Cl)cc2)C1C. The van der Waals surface area contributed by atoms with Crippen molar-refractivity contribution in [1.82, 2.24) is 4.57 Å². The van der Waals surface area contributed by atoms with Crippen LogP contribution in [0.3, 0.4) is 0 Å². The van der Waals surface area contributed by atoms with E-state index < -0.39 is 0 Å². The Hall–Kier alpha value is -2.44. The van der Waals surface area contributed by atoms with Gasteiger partial charge in [-0.2, -0.15) is 0 Å². The predicted octanol–water partition coefficient (Wildman–Crippen LogP) is 7.01. The minimum absolute atomic E-state index is 0.103. The lowest BCUT2D eigenvalue weighted by Crippen LogP contribution is -2.32. The molecule has 3 unspecified atom stereocenters. The van der Waals surface area contributed by atoms with Crippen LogP contribution in [0.2, 0.25) is 5.02 Å². The van der Waals surface area contributed by atoms with Crippen molar-refractivity contribution in [1.29, 1.82) is 0 Å². The Morgan fingerprint density at radius 2 is 1.80 bits per heavy atom. The molecule has 1 aromatic heterocycles. The second kappa shape index (κ2) is 8.74. The maximum Gasteiger partial charge on any atom is 0.269 e. The molecule has 1 heterocycles. The molecule has 1 fully saturated rings. The fourth-order valence-electron chi connectivity index (χ4n) is 4.23. The van der Waals surface area contributed by atoms with Gasteiger partial charge in [-0.25, -0.2) is 4.99 Å². The molecule has 0 bridgehead atoms. The molecule has 4 rings (SSSR count). The maximum atomic E-state index is 11.1. The molecule has 0 spiro atoms. The van der Waals surface area contributed by atoms with Gasteiger partial charge in [0.15, 0.2) is 4.80 Å². The Bertz CT molecular complexity index is 1100. The highest BCUT2D eigenvalue weighted by molar-refractivity contribution is 7.07. The molecular weight excluding hydrogens is 418 g/mol. The van der Waals surface area contributed by atoms with Gasteiger partial charge in [0.25, 0.3) is 5.69 Å². The number of nitro benzene ring substituents is 1. The van der Waals surface area contributed by atoms with Crippen LogP contribution in [0, 0.1) is 22.0 Å². The van der Waals surface area contributed by atoms with E-state index in [-0.39, 0.29) is 10.6 Å². The zero-order valence-corrected chi connectivity index (χ0v) is 18.6. The van der Waals surface area contributed by atoms with Gasteiger partial charge in [0, 0.05) is 28.6 Å². The number of non-ortho nitro benzene ring substituents is 1. The van der Waals surface area contributed by atoms with E-state index in [0.29, 0.717) is 22.9 Å². The van der Waals surface area contributed by atoms with Crippen LogP contribution in [0.5, 0.6) is 0 Å². The molecule has 1 aliphatic carbocycles. The van der Waals surface area contributed by atoms with E-state index in [9.17, 15) is 10.1 Å². The molecule has 2 aromatic carbocycles. The number of nitro groups is 1. The number of hydrogen-bond donors (Lipinski definition) is 0. The van der Waals surface area contributed by atoms with E-state index in [4.69, 9.17) is 16.6 Å². The van der Waals surface area contributed by atoms with Crippen LogP contribution < -0.4 is 4.80 Å². The minimum atomic E-state index is -0.363. The average Bonchev–Trinajstić information content (AvgIpc) is 3.15. The van der Waals surface area contributed by atoms with Gasteiger partial charge in [-0.1, -0.05) is 38.3 Å². The number of rotatable bonds is 4. The molecule has 30 heavy (non-hydrogen) atoms. The summed E-state index contributed by atoms with van der Waals surface area (Å²) in [6.45, 7) is 4.65. The fraction of sp³-hybridized carbons (Fsp3) is 0.348. The van der Waals surface area contributed by atoms with Crippen LogP contribution in [0.1, 0.15) is 39.2 Å². The highest BCUT2D eigenvalue weighted by Gasteiger charge is 2.30. The molecular formula is C23H24ClN3O2S. The van der Waals surface area contributed by atoms with Crippen LogP contribution in [0.15, 0.2) is 58.9 Å². The molecule has 0 amide bonds. The number of thiazole rings is 1. The minimum Gasteiger partial charge on any atom is -0.313 e. The summed E-state index contributed by atoms with van der Waals surface area (Å²) in [4.78, 5) is 16.6. The Morgan fingerprint density at radius 3 is 2.47 bits per heavy atom. The van der Waals surface area contributed by atoms with Crippen molar-refractivity contribution in [2.24, 2.45) is 16.8 Å². The van der Waals surface area contributed by atoms with E-state index in [0.717, 1.165) is 28.2 Å². The first kappa shape index (κ1) is 20.8. The van der Waals surface area contributed by atoms with Crippen LogP contribution in [-0.4, -0.2) is 9.49 Å². The van der Waals surface area contributed by atoms with Gasteiger partial charge in [0.2, 0.25) is 0 Å². The quantitative estimate of drug-likeness (QED) is 0.323. The molecule has 0 radical (unpaired) electrons. The molecule has 5 nitrogen and oxygen atoms in total. The van der Waals surface area contributed by atoms with Crippen molar-refractivity contribution in [3.05, 3.63) is 73.8 Å². The smallest absolute Gasteiger partial charge is 0.269 e. The second-order valence-electron chi connectivity index (χ2n) is 8.00. The summed E-state index contributed by atoms with van der Waals surface area (Å²) in [6, 6.07) is 14.7. The topological polar surface area (TPSA) is 60.4 Å². The molecule has 0 N–H and O–H groups in total. The number of halogens is 1. The highest BCUT2D eigenvalue weighted by Crippen LogP contribution is 2.39. The largest absolute Gasteiger partial charge is 0.313 e. The van der Waals surface area contributed by atoms with Crippen molar-refractivity contribution in [2.45, 2.75) is 39.2 Å². The molecule has 0 saturated heterocycles. The normalized spacial score (nSPS) is 22.2. The highest BCUT2D eigenvalue weighted by atomic mass is 35.5. The van der Waals surface area contributed by atoms with Gasteiger partial charge in [0.05, 0.1) is 16.3 Å². The number of benzene rings is 2. The standard InChI is InChI=1S/C23H24ClN3O2S/c1-15-4-3-5-21(16(15)2)26-22(17-6-12-20(13-7-17)27(28)29)14-30-23(26)25-19-10-8-18(24)9-11-19/h6-16,21H,3-5H2,1-2H3. The van der Waals surface area contributed by atoms with Crippen molar-refractivity contribution in [3.8, 4) is 11.3 Å². The van der Waals surface area contributed by atoms with Crippen LogP contribution in [-0.2, 0) is 0 Å². The van der Waals surface area contributed by atoms with E-state index in [1.807, 2.05) is 36.4 Å². The first-order valence-corrected chi connectivity index (χ1v) is 11.4. The summed E-state index contributed by atoms with van der Waals surface area (Å²) in [6.07, 6.45) is 3.55. The third kappa shape index (κ3) is 4.20. The van der Waals surface area contributed by atoms with Gasteiger partial charge in [0.1, 0.15) is 0 Å². The maximum absolute atomic E-state index is 11.1. The number of nitrogens with zero attached hydrogens (tertiary/aromatic N) is 3. The van der Waals surface area contributed by atoms with Gasteiger partial charge in [-0.05, 0) is 60.2 Å². The Labute approximate surface area is 184 Å². The van der Waals surface area contributed by atoms with Crippen molar-refractivity contribution in [2.75, 3.05) is 0 Å². The zero-order valence-electron chi connectivity index (χ0n) is 17.0. The van der Waals surface area contributed by atoms with E-state index in [2.05, 4.69) is 23.8 Å². The third-order valence-corrected chi connectivity index (χ3v) is 7.25. The van der Waals surface area contributed by atoms with Gasteiger partial charge >= 0.3 is 0 Å². The molecule has 156 valence electrons. The summed E-state index contributed by atoms with van der Waals surface area (Å²) in [5.41, 5.74) is 3.00. The summed E-state index contributed by atoms with van der Waals surface area (Å²) >= 11 is 7.64. The number of hydrogen-bond acceptors (Lipinski definition) is 4. The lowest BCUT2D eigenvalue weighted by Gasteiger charge is -2.36.